The molecule has 0 fully saturated rings. The van der Waals surface area contributed by atoms with Crippen LogP contribution in [0.5, 0.6) is 5.75 Å². The van der Waals surface area contributed by atoms with Gasteiger partial charge in [0.1, 0.15) is 5.75 Å². The monoisotopic (exact) mass is 289 g/mol. The van der Waals surface area contributed by atoms with Crippen LogP contribution in [0.15, 0.2) is 30.5 Å². The predicted molar refractivity (Wildman–Crippen MR) is 79.0 cm³/mol. The highest BCUT2D eigenvalue weighted by atomic mass is 16.5. The molecule has 2 rings (SSSR count). The Balaban J connectivity index is 1.86. The molecule has 1 aromatic carbocycles. The third-order valence-corrected chi connectivity index (χ3v) is 2.89. The Morgan fingerprint density at radius 2 is 2.19 bits per heavy atom. The second kappa shape index (κ2) is 7.39. The molecule has 2 aromatic rings. The maximum Gasteiger partial charge on any atom is 0.226 e. The van der Waals surface area contributed by atoms with Crippen LogP contribution in [-0.4, -0.2) is 35.1 Å². The molecule has 0 aliphatic rings. The average molecular weight is 289 g/mol. The number of methoxy groups -OCH3 is 1. The van der Waals surface area contributed by atoms with Gasteiger partial charge in [0.05, 0.1) is 25.0 Å². The molecule has 21 heavy (non-hydrogen) atoms. The van der Waals surface area contributed by atoms with Crippen LogP contribution >= 0.6 is 0 Å². The highest BCUT2D eigenvalue weighted by Gasteiger charge is 2.08. The number of anilines is 1. The Labute approximate surface area is 123 Å². The third-order valence-electron chi connectivity index (χ3n) is 2.89. The van der Waals surface area contributed by atoms with Crippen molar-refractivity contribution in [2.75, 3.05) is 19.5 Å². The van der Waals surface area contributed by atoms with Crippen molar-refractivity contribution in [3.8, 4) is 5.75 Å². The van der Waals surface area contributed by atoms with Crippen LogP contribution in [-0.2, 0) is 17.9 Å². The number of carbonyl (C=O) groups excluding carboxylic acids is 1. The molecule has 7 heteroatoms. The van der Waals surface area contributed by atoms with Crippen molar-refractivity contribution in [1.29, 1.82) is 0 Å². The molecule has 7 nitrogen and oxygen atoms in total. The minimum atomic E-state index is -0.0924. The van der Waals surface area contributed by atoms with Crippen LogP contribution in [0.25, 0.3) is 0 Å². The van der Waals surface area contributed by atoms with Crippen molar-refractivity contribution < 1.29 is 9.53 Å². The first-order valence-electron chi connectivity index (χ1n) is 6.69. The quantitative estimate of drug-likeness (QED) is 0.796. The Morgan fingerprint density at radius 1 is 1.38 bits per heavy atom. The van der Waals surface area contributed by atoms with Crippen molar-refractivity contribution in [2.45, 2.75) is 19.5 Å². The number of para-hydroxylation sites is 2. The fourth-order valence-corrected chi connectivity index (χ4v) is 1.89. The lowest BCUT2D eigenvalue weighted by atomic mass is 10.3. The van der Waals surface area contributed by atoms with Gasteiger partial charge in [-0.25, -0.2) is 0 Å². The van der Waals surface area contributed by atoms with E-state index >= 15 is 0 Å². The maximum absolute atomic E-state index is 11.9. The first kappa shape index (κ1) is 15.0. The normalized spacial score (nSPS) is 10.4. The number of hydrogen-bond donors (Lipinski definition) is 2. The highest BCUT2D eigenvalue weighted by molar-refractivity contribution is 5.92. The number of aryl methyl sites for hydroxylation is 1. The van der Waals surface area contributed by atoms with E-state index in [1.807, 2.05) is 25.4 Å². The second-order valence-corrected chi connectivity index (χ2v) is 4.50. The van der Waals surface area contributed by atoms with Gasteiger partial charge in [0.2, 0.25) is 5.91 Å². The molecule has 0 saturated carbocycles. The zero-order valence-electron chi connectivity index (χ0n) is 12.2. The van der Waals surface area contributed by atoms with Gasteiger partial charge in [0.25, 0.3) is 0 Å². The fraction of sp³-hybridized carbons (Fsp3) is 0.357. The van der Waals surface area contributed by atoms with E-state index in [0.717, 1.165) is 5.69 Å². The minimum absolute atomic E-state index is 0.0924. The van der Waals surface area contributed by atoms with E-state index in [2.05, 4.69) is 20.9 Å². The molecular weight excluding hydrogens is 270 g/mol. The summed E-state index contributed by atoms with van der Waals surface area (Å²) >= 11 is 0. The topological polar surface area (TPSA) is 81.1 Å². The van der Waals surface area contributed by atoms with Gasteiger partial charge in [-0.15, -0.1) is 5.10 Å². The number of nitrogens with zero attached hydrogens (tertiary/aromatic N) is 3. The number of rotatable bonds is 7. The number of amides is 1. The number of carbonyl (C=O) groups is 1. The van der Waals surface area contributed by atoms with Gasteiger partial charge in [-0.2, -0.15) is 0 Å². The van der Waals surface area contributed by atoms with Crippen molar-refractivity contribution in [2.24, 2.45) is 0 Å². The van der Waals surface area contributed by atoms with Gasteiger partial charge in [0.15, 0.2) is 0 Å². The summed E-state index contributed by atoms with van der Waals surface area (Å²) in [6.07, 6.45) is 2.15. The fourth-order valence-electron chi connectivity index (χ4n) is 1.89. The third kappa shape index (κ3) is 4.28. The van der Waals surface area contributed by atoms with Crippen LogP contribution in [0.3, 0.4) is 0 Å². The standard InChI is InChI=1S/C14H19N5O2/c1-15-9-11-10-19(18-17-11)8-7-14(20)16-12-5-3-4-6-13(12)21-2/h3-6,10,15H,7-9H2,1-2H3,(H,16,20). The summed E-state index contributed by atoms with van der Waals surface area (Å²) in [5.41, 5.74) is 1.52. The molecule has 0 saturated heterocycles. The molecule has 0 unspecified atom stereocenters. The smallest absolute Gasteiger partial charge is 0.226 e. The van der Waals surface area contributed by atoms with E-state index in [4.69, 9.17) is 4.74 Å². The number of ether oxygens (including phenoxy) is 1. The Hall–Kier alpha value is -2.41. The Bertz CT molecular complexity index is 597. The summed E-state index contributed by atoms with van der Waals surface area (Å²) in [5, 5.41) is 13.8. The van der Waals surface area contributed by atoms with Crippen molar-refractivity contribution in [1.82, 2.24) is 20.3 Å². The molecule has 0 spiro atoms. The van der Waals surface area contributed by atoms with Gasteiger partial charge < -0.3 is 15.4 Å². The summed E-state index contributed by atoms with van der Waals surface area (Å²) in [6, 6.07) is 7.31. The maximum atomic E-state index is 11.9. The van der Waals surface area contributed by atoms with E-state index in [0.29, 0.717) is 30.9 Å². The van der Waals surface area contributed by atoms with Gasteiger partial charge in [0, 0.05) is 19.2 Å². The summed E-state index contributed by atoms with van der Waals surface area (Å²) in [4.78, 5) is 11.9. The van der Waals surface area contributed by atoms with Crippen molar-refractivity contribution >= 4 is 11.6 Å². The molecule has 0 aliphatic carbocycles. The van der Waals surface area contributed by atoms with E-state index < -0.39 is 0 Å². The number of hydrogen-bond acceptors (Lipinski definition) is 5. The lowest BCUT2D eigenvalue weighted by Crippen LogP contribution is -2.15. The van der Waals surface area contributed by atoms with Crippen LogP contribution in [0.1, 0.15) is 12.1 Å². The first-order chi connectivity index (χ1) is 10.2. The van der Waals surface area contributed by atoms with Crippen molar-refractivity contribution in [3.63, 3.8) is 0 Å². The van der Waals surface area contributed by atoms with E-state index in [1.165, 1.54) is 0 Å². The van der Waals surface area contributed by atoms with Gasteiger partial charge in [-0.1, -0.05) is 17.3 Å². The molecule has 112 valence electrons. The molecule has 1 aromatic heterocycles. The number of aromatic nitrogens is 3. The van der Waals surface area contributed by atoms with Gasteiger partial charge >= 0.3 is 0 Å². The second-order valence-electron chi connectivity index (χ2n) is 4.50. The van der Waals surface area contributed by atoms with E-state index in [-0.39, 0.29) is 5.91 Å². The number of nitrogens with one attached hydrogen (secondary N) is 2. The zero-order valence-corrected chi connectivity index (χ0v) is 12.2. The predicted octanol–water partition coefficient (Wildman–Crippen LogP) is 1.03. The summed E-state index contributed by atoms with van der Waals surface area (Å²) < 4.78 is 6.85. The molecule has 0 bridgehead atoms. The van der Waals surface area contributed by atoms with Crippen LogP contribution in [0.4, 0.5) is 5.69 Å². The highest BCUT2D eigenvalue weighted by Crippen LogP contribution is 2.22. The van der Waals surface area contributed by atoms with Gasteiger partial charge in [-0.3, -0.25) is 9.48 Å². The zero-order chi connectivity index (χ0) is 15.1. The number of benzene rings is 1. The molecular formula is C14H19N5O2. The van der Waals surface area contributed by atoms with Gasteiger partial charge in [-0.05, 0) is 19.2 Å². The van der Waals surface area contributed by atoms with E-state index in [9.17, 15) is 4.79 Å². The van der Waals surface area contributed by atoms with Crippen LogP contribution in [0, 0.1) is 0 Å². The minimum Gasteiger partial charge on any atom is -0.495 e. The molecule has 0 radical (unpaired) electrons. The molecule has 0 aliphatic heterocycles. The average Bonchev–Trinajstić information content (AvgIpc) is 2.94. The van der Waals surface area contributed by atoms with E-state index in [1.54, 1.807) is 23.9 Å². The van der Waals surface area contributed by atoms with Crippen molar-refractivity contribution in [3.05, 3.63) is 36.2 Å². The summed E-state index contributed by atoms with van der Waals surface area (Å²) in [5.74, 6) is 0.549. The SMILES string of the molecule is CNCc1cn(CCC(=O)Nc2ccccc2OC)nn1. The van der Waals surface area contributed by atoms with Crippen LogP contribution < -0.4 is 15.4 Å². The summed E-state index contributed by atoms with van der Waals surface area (Å²) in [6.45, 7) is 1.14. The lowest BCUT2D eigenvalue weighted by molar-refractivity contribution is -0.116. The largest absolute Gasteiger partial charge is 0.495 e. The first-order valence-corrected chi connectivity index (χ1v) is 6.69. The summed E-state index contributed by atoms with van der Waals surface area (Å²) in [7, 11) is 3.42. The lowest BCUT2D eigenvalue weighted by Gasteiger charge is -2.09. The molecule has 0 atom stereocenters. The molecule has 1 heterocycles. The molecule has 1 amide bonds. The molecule has 2 N–H and O–H groups in total. The Kier molecular flexibility index (Phi) is 5.28. The van der Waals surface area contributed by atoms with Crippen LogP contribution in [0.2, 0.25) is 0 Å². The Morgan fingerprint density at radius 3 is 2.95 bits per heavy atom.